The van der Waals surface area contributed by atoms with Crippen molar-refractivity contribution in [1.29, 1.82) is 0 Å². The fourth-order valence-electron chi connectivity index (χ4n) is 1.40. The Bertz CT molecular complexity index is 430. The fourth-order valence-corrected chi connectivity index (χ4v) is 2.61. The van der Waals surface area contributed by atoms with E-state index >= 15 is 0 Å². The maximum atomic E-state index is 11.8. The van der Waals surface area contributed by atoms with Gasteiger partial charge in [-0.05, 0) is 19.3 Å². The van der Waals surface area contributed by atoms with Crippen LogP contribution in [0.3, 0.4) is 0 Å². The van der Waals surface area contributed by atoms with Crippen LogP contribution in [0.15, 0.2) is 0 Å². The highest BCUT2D eigenvalue weighted by molar-refractivity contribution is 7.92. The van der Waals surface area contributed by atoms with Gasteiger partial charge in [-0.25, -0.2) is 8.42 Å². The van der Waals surface area contributed by atoms with Crippen LogP contribution in [0.1, 0.15) is 33.6 Å². The molecule has 1 unspecified atom stereocenters. The maximum Gasteiger partial charge on any atom is 0.235 e. The van der Waals surface area contributed by atoms with E-state index in [1.54, 1.807) is 14.1 Å². The van der Waals surface area contributed by atoms with Gasteiger partial charge in [0, 0.05) is 26.6 Å². The van der Waals surface area contributed by atoms with Crippen molar-refractivity contribution in [2.24, 2.45) is 5.92 Å². The van der Waals surface area contributed by atoms with Gasteiger partial charge >= 0.3 is 0 Å². The van der Waals surface area contributed by atoms with Crippen LogP contribution in [0.4, 0.5) is 0 Å². The summed E-state index contributed by atoms with van der Waals surface area (Å²) in [5.74, 6) is -1.00. The number of amides is 2. The summed E-state index contributed by atoms with van der Waals surface area (Å²) in [5, 5.41) is 2.66. The van der Waals surface area contributed by atoms with E-state index in [9.17, 15) is 18.0 Å². The first kappa shape index (κ1) is 18.9. The van der Waals surface area contributed by atoms with Gasteiger partial charge in [0.15, 0.2) is 9.84 Å². The van der Waals surface area contributed by atoms with Crippen molar-refractivity contribution in [3.63, 3.8) is 0 Å². The lowest BCUT2D eigenvalue weighted by Crippen LogP contribution is -2.40. The van der Waals surface area contributed by atoms with Crippen molar-refractivity contribution in [3.8, 4) is 0 Å². The predicted molar refractivity (Wildman–Crippen MR) is 79.0 cm³/mol. The van der Waals surface area contributed by atoms with Crippen molar-refractivity contribution < 1.29 is 18.0 Å². The highest BCUT2D eigenvalue weighted by Gasteiger charge is 2.19. The van der Waals surface area contributed by atoms with E-state index in [4.69, 9.17) is 0 Å². The Morgan fingerprint density at radius 3 is 2.15 bits per heavy atom. The third-order valence-electron chi connectivity index (χ3n) is 3.08. The number of carbonyl (C=O) groups is 2. The number of hydrogen-bond donors (Lipinski definition) is 1. The SMILES string of the molecule is CC(C)C(C)NC(=O)CS(=O)(=O)CCCC(=O)N(C)C. The molecule has 0 saturated carbocycles. The largest absolute Gasteiger partial charge is 0.353 e. The van der Waals surface area contributed by atoms with Gasteiger partial charge in [-0.3, -0.25) is 9.59 Å². The molecule has 0 rings (SSSR count). The van der Waals surface area contributed by atoms with E-state index in [2.05, 4.69) is 5.32 Å². The van der Waals surface area contributed by atoms with Crippen molar-refractivity contribution in [1.82, 2.24) is 10.2 Å². The van der Waals surface area contributed by atoms with E-state index in [1.165, 1.54) is 4.90 Å². The first-order chi connectivity index (χ1) is 9.05. The third-order valence-corrected chi connectivity index (χ3v) is 4.70. The lowest BCUT2D eigenvalue weighted by atomic mass is 10.1. The van der Waals surface area contributed by atoms with Crippen LogP contribution in [0.2, 0.25) is 0 Å². The molecule has 2 amide bonds. The maximum absolute atomic E-state index is 11.8. The van der Waals surface area contributed by atoms with E-state index in [-0.39, 0.29) is 36.5 Å². The highest BCUT2D eigenvalue weighted by Crippen LogP contribution is 2.02. The molecule has 0 aromatic heterocycles. The summed E-state index contributed by atoms with van der Waals surface area (Å²) in [6, 6.07) is -0.0620. The minimum absolute atomic E-state index is 0.0620. The predicted octanol–water partition coefficient (Wildman–Crippen LogP) is 0.430. The molecule has 20 heavy (non-hydrogen) atoms. The summed E-state index contributed by atoms with van der Waals surface area (Å²) in [6.07, 6.45) is 0.419. The molecular weight excluding hydrogens is 280 g/mol. The minimum atomic E-state index is -3.46. The second-order valence-corrected chi connectivity index (χ2v) is 7.77. The van der Waals surface area contributed by atoms with Crippen molar-refractivity contribution in [2.45, 2.75) is 39.7 Å². The normalized spacial score (nSPS) is 13.1. The average molecular weight is 306 g/mol. The summed E-state index contributed by atoms with van der Waals surface area (Å²) in [6.45, 7) is 5.74. The lowest BCUT2D eigenvalue weighted by molar-refractivity contribution is -0.128. The molecule has 0 aliphatic heterocycles. The molecule has 0 aliphatic carbocycles. The second kappa shape index (κ2) is 8.24. The molecule has 118 valence electrons. The standard InChI is InChI=1S/C13H26N2O4S/c1-10(2)11(3)14-12(16)9-20(18,19)8-6-7-13(17)15(4)5/h10-11H,6-9H2,1-5H3,(H,14,16). The van der Waals surface area contributed by atoms with Crippen LogP contribution < -0.4 is 5.32 Å². The highest BCUT2D eigenvalue weighted by atomic mass is 32.2. The van der Waals surface area contributed by atoms with Gasteiger partial charge in [0.2, 0.25) is 11.8 Å². The van der Waals surface area contributed by atoms with Crippen LogP contribution in [0.25, 0.3) is 0 Å². The van der Waals surface area contributed by atoms with Gasteiger partial charge in [-0.1, -0.05) is 13.8 Å². The molecule has 0 spiro atoms. The van der Waals surface area contributed by atoms with Crippen LogP contribution in [-0.4, -0.2) is 56.8 Å². The summed E-state index contributed by atoms with van der Waals surface area (Å²) >= 11 is 0. The number of rotatable bonds is 8. The molecule has 1 N–H and O–H groups in total. The molecule has 0 aliphatic rings. The van der Waals surface area contributed by atoms with Crippen molar-refractivity contribution in [3.05, 3.63) is 0 Å². The van der Waals surface area contributed by atoms with Gasteiger partial charge < -0.3 is 10.2 Å². The summed E-state index contributed by atoms with van der Waals surface area (Å²) in [5.41, 5.74) is 0. The summed E-state index contributed by atoms with van der Waals surface area (Å²) in [4.78, 5) is 24.4. The zero-order chi connectivity index (χ0) is 15.9. The second-order valence-electron chi connectivity index (χ2n) is 5.58. The smallest absolute Gasteiger partial charge is 0.235 e. The van der Waals surface area contributed by atoms with Crippen LogP contribution in [0, 0.1) is 5.92 Å². The van der Waals surface area contributed by atoms with E-state index in [0.717, 1.165) is 0 Å². The molecule has 0 saturated heterocycles. The molecule has 0 fully saturated rings. The van der Waals surface area contributed by atoms with Gasteiger partial charge in [0.1, 0.15) is 5.75 Å². The molecule has 0 bridgehead atoms. The summed E-state index contributed by atoms with van der Waals surface area (Å²) in [7, 11) is -0.211. The Morgan fingerprint density at radius 2 is 1.70 bits per heavy atom. The van der Waals surface area contributed by atoms with Gasteiger partial charge in [-0.15, -0.1) is 0 Å². The van der Waals surface area contributed by atoms with Crippen molar-refractivity contribution >= 4 is 21.7 Å². The number of carbonyl (C=O) groups excluding carboxylic acids is 2. The number of hydrogen-bond acceptors (Lipinski definition) is 4. The Balaban J connectivity index is 4.19. The fraction of sp³-hybridized carbons (Fsp3) is 0.846. The first-order valence-electron chi connectivity index (χ1n) is 6.75. The number of nitrogens with one attached hydrogen (secondary N) is 1. The molecule has 0 heterocycles. The Kier molecular flexibility index (Phi) is 7.78. The molecular formula is C13H26N2O4S. The topological polar surface area (TPSA) is 83.5 Å². The van der Waals surface area contributed by atoms with E-state index in [1.807, 2.05) is 20.8 Å². The van der Waals surface area contributed by atoms with Gasteiger partial charge in [0.05, 0.1) is 5.75 Å². The minimum Gasteiger partial charge on any atom is -0.353 e. The monoisotopic (exact) mass is 306 g/mol. The zero-order valence-electron chi connectivity index (χ0n) is 13.0. The van der Waals surface area contributed by atoms with Gasteiger partial charge in [0.25, 0.3) is 0 Å². The molecule has 0 aromatic rings. The molecule has 0 aromatic carbocycles. The first-order valence-corrected chi connectivity index (χ1v) is 8.57. The molecule has 6 nitrogen and oxygen atoms in total. The van der Waals surface area contributed by atoms with Crippen LogP contribution in [-0.2, 0) is 19.4 Å². The molecule has 7 heteroatoms. The van der Waals surface area contributed by atoms with E-state index < -0.39 is 21.5 Å². The van der Waals surface area contributed by atoms with Crippen molar-refractivity contribution in [2.75, 3.05) is 25.6 Å². The Morgan fingerprint density at radius 1 is 1.15 bits per heavy atom. The zero-order valence-corrected chi connectivity index (χ0v) is 13.8. The van der Waals surface area contributed by atoms with Gasteiger partial charge in [-0.2, -0.15) is 0 Å². The molecule has 0 radical (unpaired) electrons. The Hall–Kier alpha value is -1.11. The number of nitrogens with zero attached hydrogens (tertiary/aromatic N) is 1. The van der Waals surface area contributed by atoms with Crippen LogP contribution in [0.5, 0.6) is 0 Å². The third kappa shape index (κ3) is 8.14. The van der Waals surface area contributed by atoms with Crippen LogP contribution >= 0.6 is 0 Å². The lowest BCUT2D eigenvalue weighted by Gasteiger charge is -2.17. The quantitative estimate of drug-likeness (QED) is 0.705. The number of sulfone groups is 1. The summed E-state index contributed by atoms with van der Waals surface area (Å²) < 4.78 is 23.5. The average Bonchev–Trinajstić information content (AvgIpc) is 2.26. The Labute approximate surface area is 121 Å². The van der Waals surface area contributed by atoms with E-state index in [0.29, 0.717) is 0 Å². The molecule has 1 atom stereocenters.